The van der Waals surface area contributed by atoms with Gasteiger partial charge in [0.2, 0.25) is 6.79 Å². The number of fused-ring (bicyclic) bond motifs is 3. The zero-order valence-corrected chi connectivity index (χ0v) is 28.7. The summed E-state index contributed by atoms with van der Waals surface area (Å²) in [4.78, 5) is 40.9. The first kappa shape index (κ1) is 36.4. The zero-order valence-electron chi connectivity index (χ0n) is 28.7. The Hall–Kier alpha value is -2.93. The van der Waals surface area contributed by atoms with E-state index in [-0.39, 0.29) is 31.6 Å². The van der Waals surface area contributed by atoms with Crippen LogP contribution in [0.5, 0.6) is 11.5 Å². The van der Waals surface area contributed by atoms with Crippen LogP contribution in [0.25, 0.3) is 0 Å². The third-order valence-electron chi connectivity index (χ3n) is 12.7. The molecule has 6 N–H and O–H groups in total. The van der Waals surface area contributed by atoms with E-state index in [1.54, 1.807) is 13.0 Å². The Morgan fingerprint density at radius 2 is 1.67 bits per heavy atom. The van der Waals surface area contributed by atoms with E-state index in [9.17, 15) is 45.0 Å². The van der Waals surface area contributed by atoms with E-state index >= 15 is 0 Å². The minimum atomic E-state index is -1.95. The quantitative estimate of drug-likeness (QED) is 0.204. The molecule has 0 unspecified atom stereocenters. The van der Waals surface area contributed by atoms with E-state index in [2.05, 4.69) is 0 Å². The Morgan fingerprint density at radius 1 is 0.941 bits per heavy atom. The van der Waals surface area contributed by atoms with Crippen LogP contribution in [-0.4, -0.2) is 129 Å². The highest BCUT2D eigenvalue weighted by Gasteiger charge is 2.76. The normalized spacial score (nSPS) is 47.2. The van der Waals surface area contributed by atoms with Crippen LogP contribution in [0.4, 0.5) is 0 Å². The molecule has 0 amide bonds. The maximum absolute atomic E-state index is 14.2. The number of Topliss-reactive ketones (excluding diaryl/α,β-unsaturated/α-hetero) is 1. The van der Waals surface area contributed by atoms with Crippen molar-refractivity contribution in [2.75, 3.05) is 13.4 Å². The highest BCUT2D eigenvalue weighted by Crippen LogP contribution is 2.69. The molecule has 1 aromatic rings. The second kappa shape index (κ2) is 12.9. The van der Waals surface area contributed by atoms with Gasteiger partial charge in [-0.15, -0.1) is 0 Å². The van der Waals surface area contributed by atoms with Gasteiger partial charge in [0.25, 0.3) is 0 Å². The molecule has 7 rings (SSSR count). The minimum absolute atomic E-state index is 0.0255. The topological polar surface area (TPSA) is 237 Å². The van der Waals surface area contributed by atoms with E-state index in [4.69, 9.17) is 33.2 Å². The summed E-state index contributed by atoms with van der Waals surface area (Å²) in [6, 6.07) is 4.48. The molecule has 3 heterocycles. The third kappa shape index (κ3) is 5.57. The maximum Gasteiger partial charge on any atom is 0.338 e. The summed E-state index contributed by atoms with van der Waals surface area (Å²) in [6.45, 7) is 5.46. The molecule has 0 radical (unpaired) electrons. The van der Waals surface area contributed by atoms with E-state index < -0.39 is 120 Å². The average molecular weight is 723 g/mol. The molecular weight excluding hydrogens is 676 g/mol. The first-order chi connectivity index (χ1) is 24.0. The van der Waals surface area contributed by atoms with Crippen LogP contribution in [0.1, 0.15) is 63.7 Å². The van der Waals surface area contributed by atoms with Crippen molar-refractivity contribution in [3.05, 3.63) is 23.8 Å². The Kier molecular flexibility index (Phi) is 9.20. The van der Waals surface area contributed by atoms with Gasteiger partial charge in [0, 0.05) is 36.0 Å². The molecule has 3 aliphatic heterocycles. The van der Waals surface area contributed by atoms with Gasteiger partial charge in [-0.05, 0) is 50.3 Å². The highest BCUT2D eigenvalue weighted by molar-refractivity contribution is 5.92. The van der Waals surface area contributed by atoms with Crippen molar-refractivity contribution < 1.29 is 78.2 Å². The molecule has 2 saturated heterocycles. The molecule has 1 aromatic carbocycles. The predicted molar refractivity (Wildman–Crippen MR) is 168 cm³/mol. The third-order valence-corrected chi connectivity index (χ3v) is 12.7. The van der Waals surface area contributed by atoms with Crippen molar-refractivity contribution >= 4 is 17.7 Å². The van der Waals surface area contributed by atoms with Crippen molar-refractivity contribution in [1.29, 1.82) is 0 Å². The van der Waals surface area contributed by atoms with Gasteiger partial charge in [-0.1, -0.05) is 13.8 Å². The second-order valence-corrected chi connectivity index (χ2v) is 15.4. The molecule has 3 saturated carbocycles. The molecule has 3 aliphatic carbocycles. The molecule has 0 bridgehead atoms. The number of hydrogen-bond acceptors (Lipinski definition) is 16. The second-order valence-electron chi connectivity index (χ2n) is 15.4. The fourth-order valence-electron chi connectivity index (χ4n) is 10.2. The summed E-state index contributed by atoms with van der Waals surface area (Å²) in [6.07, 6.45) is -13.2. The van der Waals surface area contributed by atoms with Gasteiger partial charge in [-0.3, -0.25) is 9.59 Å². The van der Waals surface area contributed by atoms with Crippen LogP contribution >= 0.6 is 0 Å². The highest BCUT2D eigenvalue weighted by atomic mass is 16.8. The van der Waals surface area contributed by atoms with Gasteiger partial charge in [0.05, 0.1) is 18.3 Å². The zero-order chi connectivity index (χ0) is 36.8. The SMILES string of the molecule is CC(=O)O[C@@H]1[C@@H](OC(=O)c2ccc3c(c2)OCO3)[C@@H]2[C@@]3(C)C(=O)[C@@H](O)CC[C@@H]3C[C@H]3O[C@@H](O[C@@H]4O[C@H](CO)[C@@H](O)[C@H](O)[C@H]4O)C[C@@H]([C@]1(C)O)[C@@]23C. The molecule has 16 nitrogen and oxygen atoms in total. The smallest absolute Gasteiger partial charge is 0.338 e. The fraction of sp³-hybridized carbons (Fsp3) is 0.743. The maximum atomic E-state index is 14.2. The lowest BCUT2D eigenvalue weighted by atomic mass is 9.37. The first-order valence-electron chi connectivity index (χ1n) is 17.4. The summed E-state index contributed by atoms with van der Waals surface area (Å²) in [7, 11) is 0. The Bertz CT molecular complexity index is 1550. The molecule has 282 valence electrons. The van der Waals surface area contributed by atoms with Crippen LogP contribution in [0, 0.1) is 28.6 Å². The minimum Gasteiger partial charge on any atom is -0.455 e. The van der Waals surface area contributed by atoms with Gasteiger partial charge >= 0.3 is 11.9 Å². The summed E-state index contributed by atoms with van der Waals surface area (Å²) in [5.41, 5.74) is -4.36. The summed E-state index contributed by atoms with van der Waals surface area (Å²) < 4.78 is 41.2. The Balaban J connectivity index is 1.30. The van der Waals surface area contributed by atoms with Gasteiger partial charge in [-0.2, -0.15) is 0 Å². The first-order valence-corrected chi connectivity index (χ1v) is 17.4. The lowest BCUT2D eigenvalue weighted by Crippen LogP contribution is -2.79. The van der Waals surface area contributed by atoms with Crippen molar-refractivity contribution in [2.45, 2.75) is 120 Å². The van der Waals surface area contributed by atoms with Crippen LogP contribution in [0.3, 0.4) is 0 Å². The van der Waals surface area contributed by atoms with Gasteiger partial charge < -0.3 is 63.8 Å². The standard InChI is InChI=1S/C35H46O16/c1-14(37)47-30-27(51-31(43)15-5-8-18-19(9-15)46-13-45-18)28-33(2)16(6-7-17(38)29(33)42)10-22-34(28,3)21(35(30,4)44)11-23(49-22)50-32-26(41)25(40)24(39)20(12-36)48-32/h5,8-9,16-17,20-28,30,32,36,38-41,44H,6-7,10-13H2,1-4H3/t16-,17+,20-,21-,22-,23+,24-,25+,26-,27+,28-,30-,32+,33+,34-,35+/m1/s1. The van der Waals surface area contributed by atoms with Crippen molar-refractivity contribution in [2.24, 2.45) is 28.6 Å². The lowest BCUT2D eigenvalue weighted by Gasteiger charge is -2.70. The monoisotopic (exact) mass is 722 g/mol. The molecule has 16 atom stereocenters. The molecule has 0 spiro atoms. The summed E-state index contributed by atoms with van der Waals surface area (Å²) >= 11 is 0. The molecule has 51 heavy (non-hydrogen) atoms. The number of ether oxygens (including phenoxy) is 7. The van der Waals surface area contributed by atoms with E-state index in [0.29, 0.717) is 17.9 Å². The molecule has 6 aliphatic rings. The number of aliphatic hydroxyl groups excluding tert-OH is 5. The van der Waals surface area contributed by atoms with Crippen LogP contribution < -0.4 is 9.47 Å². The summed E-state index contributed by atoms with van der Waals surface area (Å²) in [5, 5.41) is 64.7. The van der Waals surface area contributed by atoms with Crippen molar-refractivity contribution in [3.63, 3.8) is 0 Å². The average Bonchev–Trinajstić information content (AvgIpc) is 3.56. The van der Waals surface area contributed by atoms with Crippen molar-refractivity contribution in [3.8, 4) is 11.5 Å². The molecule has 5 fully saturated rings. The predicted octanol–water partition coefficient (Wildman–Crippen LogP) is -0.443. The van der Waals surface area contributed by atoms with Crippen LogP contribution in [0.15, 0.2) is 18.2 Å². The number of benzene rings is 1. The molecule has 16 heteroatoms. The fourth-order valence-corrected chi connectivity index (χ4v) is 10.2. The van der Waals surface area contributed by atoms with Crippen molar-refractivity contribution in [1.82, 2.24) is 0 Å². The van der Waals surface area contributed by atoms with E-state index in [1.165, 1.54) is 19.1 Å². The number of aliphatic hydroxyl groups is 6. The van der Waals surface area contributed by atoms with Crippen LogP contribution in [-0.2, 0) is 33.3 Å². The van der Waals surface area contributed by atoms with E-state index in [1.807, 2.05) is 6.92 Å². The number of carbonyl (C=O) groups is 3. The molecule has 0 aromatic heterocycles. The summed E-state index contributed by atoms with van der Waals surface area (Å²) in [5.74, 6) is -3.55. The number of carbonyl (C=O) groups excluding carboxylic acids is 3. The lowest BCUT2D eigenvalue weighted by molar-refractivity contribution is -0.391. The van der Waals surface area contributed by atoms with Gasteiger partial charge in [-0.25, -0.2) is 4.79 Å². The number of esters is 2. The van der Waals surface area contributed by atoms with Gasteiger partial charge in [0.15, 0.2) is 36.0 Å². The Labute approximate surface area is 293 Å². The number of rotatable bonds is 6. The number of ketones is 1. The van der Waals surface area contributed by atoms with Gasteiger partial charge in [0.1, 0.15) is 42.2 Å². The number of hydrogen-bond donors (Lipinski definition) is 6. The molecular formula is C35H46O16. The van der Waals surface area contributed by atoms with E-state index in [0.717, 1.165) is 6.92 Å². The largest absolute Gasteiger partial charge is 0.455 e. The van der Waals surface area contributed by atoms with Crippen LogP contribution in [0.2, 0.25) is 0 Å². The Morgan fingerprint density at radius 3 is 2.37 bits per heavy atom.